The first-order valence-corrected chi connectivity index (χ1v) is 10.9. The molecule has 1 N–H and O–H groups in total. The number of carbonyl (C=O) groups excluding carboxylic acids is 1. The van der Waals surface area contributed by atoms with Crippen LogP contribution >= 0.6 is 11.6 Å². The van der Waals surface area contributed by atoms with E-state index in [1.165, 1.54) is 32.1 Å². The molecule has 6 heteroatoms. The summed E-state index contributed by atoms with van der Waals surface area (Å²) < 4.78 is 1.98. The maximum Gasteiger partial charge on any atom is 0.339 e. The van der Waals surface area contributed by atoms with Gasteiger partial charge in [0.05, 0.1) is 23.0 Å². The SMILES string of the molecule is O=C(O)c1c(Cl)c(-c2ccccc2)n2c1CN(C(=O)CCC1CCCCC1)CC2. The molecular formula is C23H27ClN2O3. The van der Waals surface area contributed by atoms with Crippen LogP contribution < -0.4 is 0 Å². The summed E-state index contributed by atoms with van der Waals surface area (Å²) in [5.41, 5.74) is 2.37. The number of aromatic nitrogens is 1. The van der Waals surface area contributed by atoms with Crippen LogP contribution in [0.2, 0.25) is 5.02 Å². The highest BCUT2D eigenvalue weighted by molar-refractivity contribution is 6.36. The smallest absolute Gasteiger partial charge is 0.339 e. The fourth-order valence-electron chi connectivity index (χ4n) is 4.80. The molecule has 1 aromatic heterocycles. The minimum Gasteiger partial charge on any atom is -0.478 e. The highest BCUT2D eigenvalue weighted by Crippen LogP contribution is 2.38. The molecule has 0 saturated heterocycles. The Balaban J connectivity index is 1.55. The first kappa shape index (κ1) is 20.0. The third-order valence-electron chi connectivity index (χ3n) is 6.35. The lowest BCUT2D eigenvalue weighted by molar-refractivity contribution is -0.133. The number of carboxylic acid groups (broad SMARTS) is 1. The van der Waals surface area contributed by atoms with Crippen LogP contribution in [0.25, 0.3) is 11.3 Å². The van der Waals surface area contributed by atoms with Gasteiger partial charge in [0.1, 0.15) is 5.56 Å². The molecule has 1 aliphatic carbocycles. The van der Waals surface area contributed by atoms with Crippen molar-refractivity contribution in [2.24, 2.45) is 5.92 Å². The van der Waals surface area contributed by atoms with Crippen LogP contribution in [0.1, 0.15) is 61.0 Å². The molecule has 0 unspecified atom stereocenters. The number of benzene rings is 1. The van der Waals surface area contributed by atoms with Gasteiger partial charge in [0.15, 0.2) is 0 Å². The Morgan fingerprint density at radius 1 is 1.07 bits per heavy atom. The van der Waals surface area contributed by atoms with Gasteiger partial charge in [-0.3, -0.25) is 4.79 Å². The number of carboxylic acids is 1. The number of hydrogen-bond acceptors (Lipinski definition) is 2. The van der Waals surface area contributed by atoms with Gasteiger partial charge in [-0.25, -0.2) is 4.79 Å². The Hall–Kier alpha value is -2.27. The van der Waals surface area contributed by atoms with Crippen molar-refractivity contribution in [3.63, 3.8) is 0 Å². The van der Waals surface area contributed by atoms with E-state index in [1.54, 1.807) is 4.90 Å². The Kier molecular flexibility index (Phi) is 5.95. The van der Waals surface area contributed by atoms with Gasteiger partial charge in [-0.2, -0.15) is 0 Å². The molecule has 4 rings (SSSR count). The third-order valence-corrected chi connectivity index (χ3v) is 6.72. The predicted octanol–water partition coefficient (Wildman–Crippen LogP) is 5.21. The zero-order chi connectivity index (χ0) is 20.4. The Labute approximate surface area is 176 Å². The minimum atomic E-state index is -1.04. The fraction of sp³-hybridized carbons (Fsp3) is 0.478. The molecule has 29 heavy (non-hydrogen) atoms. The van der Waals surface area contributed by atoms with E-state index >= 15 is 0 Å². The standard InChI is InChI=1S/C23H27ClN2O3/c24-21-20(23(28)29)18-15-25(19(27)12-11-16-7-3-1-4-8-16)13-14-26(18)22(21)17-9-5-2-6-10-17/h2,5-6,9-10,16H,1,3-4,7-8,11-15H2,(H,28,29). The second-order valence-corrected chi connectivity index (χ2v) is 8.54. The molecule has 0 radical (unpaired) electrons. The number of amides is 1. The summed E-state index contributed by atoms with van der Waals surface area (Å²) in [6.07, 6.45) is 7.82. The second kappa shape index (κ2) is 8.62. The van der Waals surface area contributed by atoms with Crippen LogP contribution in [0.15, 0.2) is 30.3 Å². The number of fused-ring (bicyclic) bond motifs is 1. The molecule has 2 heterocycles. The van der Waals surface area contributed by atoms with Crippen LogP contribution in [-0.4, -0.2) is 33.0 Å². The highest BCUT2D eigenvalue weighted by Gasteiger charge is 2.32. The lowest BCUT2D eigenvalue weighted by Gasteiger charge is -2.31. The maximum atomic E-state index is 12.8. The van der Waals surface area contributed by atoms with E-state index in [-0.39, 0.29) is 16.5 Å². The Morgan fingerprint density at radius 3 is 2.48 bits per heavy atom. The number of aromatic carboxylic acids is 1. The molecule has 0 spiro atoms. The van der Waals surface area contributed by atoms with Crippen LogP contribution in [0, 0.1) is 5.92 Å². The lowest BCUT2D eigenvalue weighted by atomic mass is 9.86. The van der Waals surface area contributed by atoms with Crippen molar-refractivity contribution in [1.82, 2.24) is 9.47 Å². The quantitative estimate of drug-likeness (QED) is 0.730. The van der Waals surface area contributed by atoms with E-state index in [9.17, 15) is 14.7 Å². The van der Waals surface area contributed by atoms with Crippen molar-refractivity contribution in [2.75, 3.05) is 6.54 Å². The molecule has 2 aromatic rings. The normalized spacial score (nSPS) is 17.2. The highest BCUT2D eigenvalue weighted by atomic mass is 35.5. The zero-order valence-corrected chi connectivity index (χ0v) is 17.3. The average molecular weight is 415 g/mol. The third kappa shape index (κ3) is 4.06. The van der Waals surface area contributed by atoms with Crippen molar-refractivity contribution in [3.8, 4) is 11.3 Å². The molecule has 0 atom stereocenters. The van der Waals surface area contributed by atoms with Gasteiger partial charge in [0, 0.05) is 19.5 Å². The summed E-state index contributed by atoms with van der Waals surface area (Å²) in [5.74, 6) is -0.260. The summed E-state index contributed by atoms with van der Waals surface area (Å²) in [6.45, 7) is 1.44. The molecule has 1 aromatic carbocycles. The number of carbonyl (C=O) groups is 2. The fourth-order valence-corrected chi connectivity index (χ4v) is 5.20. The van der Waals surface area contributed by atoms with Gasteiger partial charge >= 0.3 is 5.97 Å². The molecule has 1 amide bonds. The number of hydrogen-bond donors (Lipinski definition) is 1. The first-order chi connectivity index (χ1) is 14.1. The average Bonchev–Trinajstić information content (AvgIpc) is 3.04. The maximum absolute atomic E-state index is 12.8. The van der Waals surface area contributed by atoms with Crippen LogP contribution in [0.3, 0.4) is 0 Å². The molecule has 1 fully saturated rings. The van der Waals surface area contributed by atoms with Crippen molar-refractivity contribution < 1.29 is 14.7 Å². The van der Waals surface area contributed by atoms with Gasteiger partial charge < -0.3 is 14.6 Å². The van der Waals surface area contributed by atoms with E-state index < -0.39 is 5.97 Å². The molecule has 1 saturated carbocycles. The lowest BCUT2D eigenvalue weighted by Crippen LogP contribution is -2.39. The van der Waals surface area contributed by atoms with E-state index in [1.807, 2.05) is 34.9 Å². The molecule has 2 aliphatic rings. The molecule has 0 bridgehead atoms. The largest absolute Gasteiger partial charge is 0.478 e. The predicted molar refractivity (Wildman–Crippen MR) is 113 cm³/mol. The molecule has 5 nitrogen and oxygen atoms in total. The van der Waals surface area contributed by atoms with Crippen LogP contribution in [0.4, 0.5) is 0 Å². The van der Waals surface area contributed by atoms with Crippen LogP contribution in [0.5, 0.6) is 0 Å². The Bertz CT molecular complexity index is 901. The van der Waals surface area contributed by atoms with Gasteiger partial charge in [0.2, 0.25) is 5.91 Å². The number of nitrogens with zero attached hydrogens (tertiary/aromatic N) is 2. The summed E-state index contributed by atoms with van der Waals surface area (Å²) >= 11 is 6.53. The van der Waals surface area contributed by atoms with Gasteiger partial charge in [0.25, 0.3) is 0 Å². The van der Waals surface area contributed by atoms with Crippen LogP contribution in [-0.2, 0) is 17.9 Å². The minimum absolute atomic E-state index is 0.121. The van der Waals surface area contributed by atoms with Crippen molar-refractivity contribution in [1.29, 1.82) is 0 Å². The number of rotatable bonds is 5. The van der Waals surface area contributed by atoms with Gasteiger partial charge in [-0.1, -0.05) is 74.0 Å². The second-order valence-electron chi connectivity index (χ2n) is 8.17. The zero-order valence-electron chi connectivity index (χ0n) is 16.6. The summed E-state index contributed by atoms with van der Waals surface area (Å²) in [4.78, 5) is 26.6. The summed E-state index contributed by atoms with van der Waals surface area (Å²) in [5, 5.41) is 10.0. The topological polar surface area (TPSA) is 62.5 Å². The monoisotopic (exact) mass is 414 g/mol. The van der Waals surface area contributed by atoms with E-state index in [0.717, 1.165) is 17.7 Å². The van der Waals surface area contributed by atoms with E-state index in [2.05, 4.69) is 0 Å². The van der Waals surface area contributed by atoms with E-state index in [0.29, 0.717) is 37.7 Å². The van der Waals surface area contributed by atoms with Gasteiger partial charge in [-0.15, -0.1) is 0 Å². The summed E-state index contributed by atoms with van der Waals surface area (Å²) in [6, 6.07) is 9.61. The van der Waals surface area contributed by atoms with Crippen molar-refractivity contribution >= 4 is 23.5 Å². The number of halogens is 1. The van der Waals surface area contributed by atoms with E-state index in [4.69, 9.17) is 11.6 Å². The van der Waals surface area contributed by atoms with Crippen molar-refractivity contribution in [3.05, 3.63) is 46.6 Å². The van der Waals surface area contributed by atoms with Crippen molar-refractivity contribution in [2.45, 2.75) is 58.0 Å². The van der Waals surface area contributed by atoms with Gasteiger partial charge in [-0.05, 0) is 17.9 Å². The summed E-state index contributed by atoms with van der Waals surface area (Å²) in [7, 11) is 0. The first-order valence-electron chi connectivity index (χ1n) is 10.5. The Morgan fingerprint density at radius 2 is 1.79 bits per heavy atom. The molecule has 1 aliphatic heterocycles. The molecular weight excluding hydrogens is 388 g/mol. The molecule has 154 valence electrons.